The first-order chi connectivity index (χ1) is 5.68. The zero-order valence-electron chi connectivity index (χ0n) is 7.25. The molecule has 0 aromatic rings. The lowest BCUT2D eigenvalue weighted by Crippen LogP contribution is -2.40. The van der Waals surface area contributed by atoms with Crippen molar-refractivity contribution in [3.63, 3.8) is 0 Å². The van der Waals surface area contributed by atoms with Gasteiger partial charge in [0.05, 0.1) is 6.61 Å². The molecule has 4 N–H and O–H groups in total. The predicted octanol–water partition coefficient (Wildman–Crippen LogP) is -0.280. The first kappa shape index (κ1) is 11.4. The molecule has 0 unspecified atom stereocenters. The monoisotopic (exact) mass is 176 g/mol. The van der Waals surface area contributed by atoms with Crippen LogP contribution in [0, 0.1) is 0 Å². The number of nitrogens with two attached hydrogens (primary N) is 1. The molecule has 5 heteroatoms. The second-order valence-electron chi connectivity index (χ2n) is 2.50. The average Bonchev–Trinajstić information content (AvgIpc) is 2.03. The van der Waals surface area contributed by atoms with E-state index in [1.807, 2.05) is 6.92 Å². The fourth-order valence-electron chi connectivity index (χ4n) is 0.525. The molecule has 0 aliphatic rings. The zero-order valence-corrected chi connectivity index (χ0v) is 7.25. The molecule has 0 saturated heterocycles. The lowest BCUT2D eigenvalue weighted by atomic mass is 10.3. The summed E-state index contributed by atoms with van der Waals surface area (Å²) in [6.45, 7) is 2.77. The molecule has 0 aromatic heterocycles. The summed E-state index contributed by atoms with van der Waals surface area (Å²) < 4.78 is 0. The molecule has 0 fully saturated rings. The van der Waals surface area contributed by atoms with Crippen LogP contribution < -0.4 is 11.2 Å². The number of aliphatic carboxylic acids is 1. The second-order valence-corrected chi connectivity index (χ2v) is 2.50. The summed E-state index contributed by atoms with van der Waals surface area (Å²) in [5, 5.41) is 8.36. The molecule has 72 valence electrons. The molecule has 0 heterocycles. The van der Waals surface area contributed by atoms with Crippen LogP contribution in [-0.4, -0.2) is 30.3 Å². The molecule has 1 atom stereocenters. The number of hydrogen-bond donors (Lipinski definition) is 3. The van der Waals surface area contributed by atoms with Crippen LogP contribution in [0.3, 0.4) is 0 Å². The van der Waals surface area contributed by atoms with Crippen LogP contribution in [0.1, 0.15) is 19.8 Å². The Bertz CT molecular complexity index is 130. The predicted molar refractivity (Wildman–Crippen MR) is 44.5 cm³/mol. The number of hydrogen-bond acceptors (Lipinski definition) is 4. The van der Waals surface area contributed by atoms with E-state index in [0.29, 0.717) is 6.61 Å². The van der Waals surface area contributed by atoms with Crippen LogP contribution in [-0.2, 0) is 9.63 Å². The van der Waals surface area contributed by atoms with Crippen LogP contribution in [0.25, 0.3) is 0 Å². The van der Waals surface area contributed by atoms with E-state index in [4.69, 9.17) is 15.7 Å². The van der Waals surface area contributed by atoms with E-state index in [2.05, 4.69) is 5.48 Å². The summed E-state index contributed by atoms with van der Waals surface area (Å²) in [6, 6.07) is -0.897. The van der Waals surface area contributed by atoms with E-state index < -0.39 is 12.0 Å². The highest BCUT2D eigenvalue weighted by Crippen LogP contribution is 1.85. The smallest absolute Gasteiger partial charge is 0.321 e. The SMILES string of the molecule is CCCCONC[C@@H](N)C(=O)O. The van der Waals surface area contributed by atoms with Crippen LogP contribution in [0.4, 0.5) is 0 Å². The Morgan fingerprint density at radius 2 is 2.42 bits per heavy atom. The van der Waals surface area contributed by atoms with Crippen molar-refractivity contribution in [3.8, 4) is 0 Å². The van der Waals surface area contributed by atoms with Gasteiger partial charge < -0.3 is 15.7 Å². The Kier molecular flexibility index (Phi) is 6.64. The minimum atomic E-state index is -1.03. The van der Waals surface area contributed by atoms with Crippen molar-refractivity contribution in [2.45, 2.75) is 25.8 Å². The Hall–Kier alpha value is -0.650. The molecular formula is C7H16N2O3. The van der Waals surface area contributed by atoms with Crippen molar-refractivity contribution < 1.29 is 14.7 Å². The van der Waals surface area contributed by atoms with Crippen molar-refractivity contribution in [1.82, 2.24) is 5.48 Å². The summed E-state index contributed by atoms with van der Waals surface area (Å²) in [5.41, 5.74) is 7.68. The Morgan fingerprint density at radius 3 is 2.92 bits per heavy atom. The Morgan fingerprint density at radius 1 is 1.75 bits per heavy atom. The van der Waals surface area contributed by atoms with Crippen molar-refractivity contribution in [2.75, 3.05) is 13.2 Å². The first-order valence-electron chi connectivity index (χ1n) is 4.01. The van der Waals surface area contributed by atoms with E-state index in [9.17, 15) is 4.79 Å². The number of carboxylic acid groups (broad SMARTS) is 1. The summed E-state index contributed by atoms with van der Waals surface area (Å²) in [6.07, 6.45) is 2.00. The molecule has 0 spiro atoms. The maximum absolute atomic E-state index is 10.2. The summed E-state index contributed by atoms with van der Waals surface area (Å²) in [7, 11) is 0. The van der Waals surface area contributed by atoms with E-state index in [0.717, 1.165) is 12.8 Å². The van der Waals surface area contributed by atoms with Crippen LogP contribution in [0.15, 0.2) is 0 Å². The van der Waals surface area contributed by atoms with Gasteiger partial charge in [-0.3, -0.25) is 4.79 Å². The molecule has 0 aliphatic heterocycles. The molecule has 0 radical (unpaired) electrons. The molecular weight excluding hydrogens is 160 g/mol. The van der Waals surface area contributed by atoms with Gasteiger partial charge in [0, 0.05) is 6.54 Å². The summed E-state index contributed by atoms with van der Waals surface area (Å²) >= 11 is 0. The quantitative estimate of drug-likeness (QED) is 0.367. The molecule has 0 rings (SSSR count). The molecule has 12 heavy (non-hydrogen) atoms. The molecule has 0 aliphatic carbocycles. The number of hydroxylamine groups is 1. The molecule has 0 bridgehead atoms. The zero-order chi connectivity index (χ0) is 9.40. The number of nitrogens with one attached hydrogen (secondary N) is 1. The first-order valence-corrected chi connectivity index (χ1v) is 4.01. The van der Waals surface area contributed by atoms with Crippen molar-refractivity contribution in [1.29, 1.82) is 0 Å². The third kappa shape index (κ3) is 6.09. The maximum Gasteiger partial charge on any atom is 0.321 e. The van der Waals surface area contributed by atoms with Crippen molar-refractivity contribution in [3.05, 3.63) is 0 Å². The number of carboxylic acids is 1. The summed E-state index contributed by atoms with van der Waals surface area (Å²) in [4.78, 5) is 15.1. The second kappa shape index (κ2) is 7.02. The third-order valence-electron chi connectivity index (χ3n) is 1.32. The Balaban J connectivity index is 3.14. The van der Waals surface area contributed by atoms with Gasteiger partial charge in [0.15, 0.2) is 0 Å². The fourth-order valence-corrected chi connectivity index (χ4v) is 0.525. The highest BCUT2D eigenvalue weighted by molar-refractivity contribution is 5.73. The normalized spacial score (nSPS) is 12.8. The standard InChI is InChI=1S/C7H16N2O3/c1-2-3-4-12-9-5-6(8)7(10)11/h6,9H,2-5,8H2,1H3,(H,10,11)/t6-/m1/s1. The number of unbranched alkanes of at least 4 members (excludes halogenated alkanes) is 1. The van der Waals surface area contributed by atoms with Crippen molar-refractivity contribution >= 4 is 5.97 Å². The topological polar surface area (TPSA) is 84.6 Å². The van der Waals surface area contributed by atoms with Gasteiger partial charge in [-0.2, -0.15) is 0 Å². The van der Waals surface area contributed by atoms with Gasteiger partial charge in [-0.15, -0.1) is 0 Å². The summed E-state index contributed by atoms with van der Waals surface area (Å²) in [5.74, 6) is -1.03. The molecule has 0 saturated carbocycles. The van der Waals surface area contributed by atoms with Gasteiger partial charge in [0.25, 0.3) is 0 Å². The van der Waals surface area contributed by atoms with E-state index in [1.165, 1.54) is 0 Å². The minimum absolute atomic E-state index is 0.138. The molecule has 0 amide bonds. The van der Waals surface area contributed by atoms with Crippen LogP contribution in [0.2, 0.25) is 0 Å². The number of rotatable bonds is 7. The van der Waals surface area contributed by atoms with Crippen LogP contribution in [0.5, 0.6) is 0 Å². The van der Waals surface area contributed by atoms with Gasteiger partial charge in [0.1, 0.15) is 6.04 Å². The molecule has 5 nitrogen and oxygen atoms in total. The van der Waals surface area contributed by atoms with E-state index in [-0.39, 0.29) is 6.54 Å². The lowest BCUT2D eigenvalue weighted by Gasteiger charge is -2.07. The molecule has 0 aromatic carbocycles. The van der Waals surface area contributed by atoms with Gasteiger partial charge in [0.2, 0.25) is 0 Å². The van der Waals surface area contributed by atoms with Gasteiger partial charge in [-0.1, -0.05) is 13.3 Å². The third-order valence-corrected chi connectivity index (χ3v) is 1.32. The highest BCUT2D eigenvalue weighted by atomic mass is 16.6. The highest BCUT2D eigenvalue weighted by Gasteiger charge is 2.09. The van der Waals surface area contributed by atoms with Gasteiger partial charge >= 0.3 is 5.97 Å². The Labute approximate surface area is 71.8 Å². The van der Waals surface area contributed by atoms with E-state index >= 15 is 0 Å². The maximum atomic E-state index is 10.2. The van der Waals surface area contributed by atoms with Gasteiger partial charge in [-0.05, 0) is 6.42 Å². The van der Waals surface area contributed by atoms with Crippen molar-refractivity contribution in [2.24, 2.45) is 5.73 Å². The number of carbonyl (C=O) groups is 1. The van der Waals surface area contributed by atoms with E-state index in [1.54, 1.807) is 0 Å². The lowest BCUT2D eigenvalue weighted by molar-refractivity contribution is -0.139. The van der Waals surface area contributed by atoms with Crippen LogP contribution >= 0.6 is 0 Å². The largest absolute Gasteiger partial charge is 0.480 e. The van der Waals surface area contributed by atoms with Gasteiger partial charge in [-0.25, -0.2) is 5.48 Å². The average molecular weight is 176 g/mol. The minimum Gasteiger partial charge on any atom is -0.480 e. The fraction of sp³-hybridized carbons (Fsp3) is 0.857.